The van der Waals surface area contributed by atoms with Crippen molar-refractivity contribution >= 4 is 11.9 Å². The summed E-state index contributed by atoms with van der Waals surface area (Å²) < 4.78 is 0. The molecule has 0 spiro atoms. The minimum Gasteiger partial charge on any atom is -0.288 e. The number of ketones is 1. The fraction of sp³-hybridized carbons (Fsp3) is 0.0625. The molecule has 0 saturated carbocycles. The lowest BCUT2D eigenvalue weighted by Gasteiger charge is -2.03. The molecule has 1 aromatic carbocycles. The maximum absolute atomic E-state index is 12.3. The number of hydrogen-bond donors (Lipinski definition) is 0. The Morgan fingerprint density at radius 1 is 1.21 bits per heavy atom. The number of rotatable bonds is 3. The number of benzene rings is 1. The van der Waals surface area contributed by atoms with Crippen molar-refractivity contribution in [1.82, 2.24) is 4.98 Å². The molecular formula is C16H12N2O. The average Bonchev–Trinajstić information content (AvgIpc) is 2.46. The molecule has 2 aromatic rings. The standard InChI is InChI=1S/C16H12N2O/c1-12-4-2-3-5-15(12)16(19)14(11-17)10-13-6-8-18-9-7-13/h2-10H,1H3/b14-10+. The van der Waals surface area contributed by atoms with Crippen molar-refractivity contribution in [1.29, 1.82) is 5.26 Å². The third-order valence-corrected chi connectivity index (χ3v) is 2.77. The Labute approximate surface area is 111 Å². The number of carbonyl (C=O) groups excluding carboxylic acids is 1. The number of carbonyl (C=O) groups is 1. The Balaban J connectivity index is 2.39. The lowest BCUT2D eigenvalue weighted by Crippen LogP contribution is -2.04. The number of Topliss-reactive ketones (excluding diaryl/α,β-unsaturated/α-hetero) is 1. The van der Waals surface area contributed by atoms with Crippen LogP contribution in [-0.4, -0.2) is 10.8 Å². The number of hydrogen-bond acceptors (Lipinski definition) is 3. The Morgan fingerprint density at radius 2 is 1.89 bits per heavy atom. The van der Waals surface area contributed by atoms with E-state index in [-0.39, 0.29) is 11.4 Å². The van der Waals surface area contributed by atoms with Gasteiger partial charge in [-0.2, -0.15) is 5.26 Å². The first kappa shape index (κ1) is 12.7. The zero-order valence-corrected chi connectivity index (χ0v) is 10.5. The lowest BCUT2D eigenvalue weighted by atomic mass is 9.98. The van der Waals surface area contributed by atoms with Gasteiger partial charge in [-0.3, -0.25) is 9.78 Å². The highest BCUT2D eigenvalue weighted by Gasteiger charge is 2.13. The lowest BCUT2D eigenvalue weighted by molar-refractivity contribution is 0.103. The van der Waals surface area contributed by atoms with Crippen LogP contribution in [0.4, 0.5) is 0 Å². The van der Waals surface area contributed by atoms with E-state index in [2.05, 4.69) is 4.98 Å². The number of nitrogens with zero attached hydrogens (tertiary/aromatic N) is 2. The third kappa shape index (κ3) is 2.93. The van der Waals surface area contributed by atoms with Crippen LogP contribution in [0.5, 0.6) is 0 Å². The van der Waals surface area contributed by atoms with E-state index in [4.69, 9.17) is 5.26 Å². The molecule has 0 aliphatic rings. The monoisotopic (exact) mass is 248 g/mol. The van der Waals surface area contributed by atoms with Crippen LogP contribution in [0.3, 0.4) is 0 Å². The second-order valence-corrected chi connectivity index (χ2v) is 4.09. The van der Waals surface area contributed by atoms with Gasteiger partial charge >= 0.3 is 0 Å². The normalized spacial score (nSPS) is 10.8. The molecule has 0 amide bonds. The van der Waals surface area contributed by atoms with E-state index in [1.807, 2.05) is 25.1 Å². The molecule has 2 rings (SSSR count). The van der Waals surface area contributed by atoms with Gasteiger partial charge in [-0.1, -0.05) is 24.3 Å². The van der Waals surface area contributed by atoms with Gasteiger partial charge in [0.1, 0.15) is 11.6 Å². The second-order valence-electron chi connectivity index (χ2n) is 4.09. The molecular weight excluding hydrogens is 236 g/mol. The first-order chi connectivity index (χ1) is 9.22. The van der Waals surface area contributed by atoms with Gasteiger partial charge in [0, 0.05) is 18.0 Å². The molecule has 0 saturated heterocycles. The molecule has 1 aromatic heterocycles. The summed E-state index contributed by atoms with van der Waals surface area (Å²) in [6.07, 6.45) is 4.83. The third-order valence-electron chi connectivity index (χ3n) is 2.77. The van der Waals surface area contributed by atoms with E-state index in [1.54, 1.807) is 42.7 Å². The Morgan fingerprint density at radius 3 is 2.53 bits per heavy atom. The van der Waals surface area contributed by atoms with E-state index in [0.29, 0.717) is 5.56 Å². The van der Waals surface area contributed by atoms with Crippen molar-refractivity contribution < 1.29 is 4.79 Å². The highest BCUT2D eigenvalue weighted by atomic mass is 16.1. The second kappa shape index (κ2) is 5.74. The minimum atomic E-state index is -0.252. The zero-order chi connectivity index (χ0) is 13.7. The van der Waals surface area contributed by atoms with Crippen LogP contribution in [0.2, 0.25) is 0 Å². The van der Waals surface area contributed by atoms with Crippen molar-refractivity contribution in [3.63, 3.8) is 0 Å². The van der Waals surface area contributed by atoms with Crippen LogP contribution in [0, 0.1) is 18.3 Å². The quantitative estimate of drug-likeness (QED) is 0.476. The Bertz CT molecular complexity index is 667. The van der Waals surface area contributed by atoms with Crippen LogP contribution in [0.1, 0.15) is 21.5 Å². The molecule has 0 unspecified atom stereocenters. The average molecular weight is 248 g/mol. The van der Waals surface area contributed by atoms with E-state index in [0.717, 1.165) is 11.1 Å². The van der Waals surface area contributed by atoms with Crippen molar-refractivity contribution in [3.05, 3.63) is 71.1 Å². The Kier molecular flexibility index (Phi) is 3.84. The van der Waals surface area contributed by atoms with E-state index in [9.17, 15) is 4.79 Å². The van der Waals surface area contributed by atoms with Crippen molar-refractivity contribution in [3.8, 4) is 6.07 Å². The summed E-state index contributed by atoms with van der Waals surface area (Å²) in [7, 11) is 0. The maximum atomic E-state index is 12.3. The van der Waals surface area contributed by atoms with Crippen molar-refractivity contribution in [2.24, 2.45) is 0 Å². The van der Waals surface area contributed by atoms with Gasteiger partial charge in [-0.15, -0.1) is 0 Å². The molecule has 0 bridgehead atoms. The van der Waals surface area contributed by atoms with E-state index < -0.39 is 0 Å². The number of allylic oxidation sites excluding steroid dienone is 1. The molecule has 1 heterocycles. The molecule has 92 valence electrons. The molecule has 3 heteroatoms. The predicted molar refractivity (Wildman–Crippen MR) is 73.3 cm³/mol. The van der Waals surface area contributed by atoms with Gasteiger partial charge in [-0.05, 0) is 36.3 Å². The number of aryl methyl sites for hydroxylation is 1. The molecule has 0 radical (unpaired) electrons. The van der Waals surface area contributed by atoms with Gasteiger partial charge in [0.05, 0.1) is 0 Å². The van der Waals surface area contributed by atoms with Gasteiger partial charge in [0.25, 0.3) is 0 Å². The van der Waals surface area contributed by atoms with Gasteiger partial charge in [0.15, 0.2) is 0 Å². The largest absolute Gasteiger partial charge is 0.288 e. The SMILES string of the molecule is Cc1ccccc1C(=O)/C(C#N)=C/c1ccncc1. The summed E-state index contributed by atoms with van der Waals surface area (Å²) in [5.41, 5.74) is 2.33. The summed E-state index contributed by atoms with van der Waals surface area (Å²) in [4.78, 5) is 16.2. The first-order valence-corrected chi connectivity index (χ1v) is 5.84. The Hall–Kier alpha value is -2.73. The number of aromatic nitrogens is 1. The topological polar surface area (TPSA) is 53.8 Å². The first-order valence-electron chi connectivity index (χ1n) is 5.84. The van der Waals surface area contributed by atoms with Crippen molar-refractivity contribution in [2.75, 3.05) is 0 Å². The fourth-order valence-electron chi connectivity index (χ4n) is 1.75. The highest BCUT2D eigenvalue weighted by Crippen LogP contribution is 2.15. The zero-order valence-electron chi connectivity index (χ0n) is 10.5. The van der Waals surface area contributed by atoms with Crippen LogP contribution < -0.4 is 0 Å². The summed E-state index contributed by atoms with van der Waals surface area (Å²) in [5.74, 6) is -0.252. The number of nitriles is 1. The number of pyridine rings is 1. The molecule has 0 fully saturated rings. The molecule has 19 heavy (non-hydrogen) atoms. The molecule has 3 nitrogen and oxygen atoms in total. The van der Waals surface area contributed by atoms with E-state index >= 15 is 0 Å². The van der Waals surface area contributed by atoms with Crippen LogP contribution in [0.25, 0.3) is 6.08 Å². The van der Waals surface area contributed by atoms with E-state index in [1.165, 1.54) is 0 Å². The predicted octanol–water partition coefficient (Wildman–Crippen LogP) is 3.18. The van der Waals surface area contributed by atoms with Crippen LogP contribution >= 0.6 is 0 Å². The van der Waals surface area contributed by atoms with Gasteiger partial charge < -0.3 is 0 Å². The molecule has 0 atom stereocenters. The highest BCUT2D eigenvalue weighted by molar-refractivity contribution is 6.14. The van der Waals surface area contributed by atoms with Gasteiger partial charge in [-0.25, -0.2) is 0 Å². The molecule has 0 aliphatic carbocycles. The minimum absolute atomic E-state index is 0.125. The summed E-state index contributed by atoms with van der Waals surface area (Å²) in [6.45, 7) is 1.86. The molecule has 0 N–H and O–H groups in total. The fourth-order valence-corrected chi connectivity index (χ4v) is 1.75. The maximum Gasteiger partial charge on any atom is 0.203 e. The van der Waals surface area contributed by atoms with Crippen molar-refractivity contribution in [2.45, 2.75) is 6.92 Å². The van der Waals surface area contributed by atoms with Crippen LogP contribution in [-0.2, 0) is 0 Å². The van der Waals surface area contributed by atoms with Gasteiger partial charge in [0.2, 0.25) is 5.78 Å². The summed E-state index contributed by atoms with van der Waals surface area (Å²) in [6, 6.07) is 12.7. The summed E-state index contributed by atoms with van der Waals surface area (Å²) in [5, 5.41) is 9.16. The summed E-state index contributed by atoms with van der Waals surface area (Å²) >= 11 is 0. The smallest absolute Gasteiger partial charge is 0.203 e. The van der Waals surface area contributed by atoms with Crippen LogP contribution in [0.15, 0.2) is 54.4 Å². The molecule has 0 aliphatic heterocycles.